The van der Waals surface area contributed by atoms with Crippen LogP contribution in [-0.2, 0) is 6.54 Å². The van der Waals surface area contributed by atoms with Gasteiger partial charge in [-0.15, -0.1) is 5.10 Å². The number of benzene rings is 1. The van der Waals surface area contributed by atoms with E-state index in [9.17, 15) is 14.9 Å². The lowest BCUT2D eigenvalue weighted by Gasteiger charge is -1.98. The molecule has 0 amide bonds. The number of aromatic nitrogens is 4. The zero-order valence-corrected chi connectivity index (χ0v) is 13.0. The molecule has 2 aromatic heterocycles. The predicted molar refractivity (Wildman–Crippen MR) is 89.8 cm³/mol. The zero-order valence-electron chi connectivity index (χ0n) is 13.0. The molecule has 3 rings (SSSR count). The largest absolute Gasteiger partial charge is 0.287 e. The van der Waals surface area contributed by atoms with Gasteiger partial charge in [0, 0.05) is 18.3 Å². The van der Waals surface area contributed by atoms with Gasteiger partial charge in [0.05, 0.1) is 23.4 Å². The van der Waals surface area contributed by atoms with Crippen molar-refractivity contribution in [3.8, 4) is 0 Å². The average Bonchev–Trinajstić information content (AvgIpc) is 3.09. The quantitative estimate of drug-likeness (QED) is 0.297. The molecule has 0 aliphatic rings. The molecule has 0 unspecified atom stereocenters. The fourth-order valence-corrected chi connectivity index (χ4v) is 2.11. The van der Waals surface area contributed by atoms with Gasteiger partial charge in [-0.3, -0.25) is 19.9 Å². The molecule has 0 bridgehead atoms. The Morgan fingerprint density at radius 2 is 2.00 bits per heavy atom. The molecule has 8 heteroatoms. The van der Waals surface area contributed by atoms with Crippen molar-refractivity contribution in [2.45, 2.75) is 6.54 Å². The number of carbonyl (C=O) groups is 1. The highest BCUT2D eigenvalue weighted by Crippen LogP contribution is 2.13. The van der Waals surface area contributed by atoms with E-state index in [1.807, 2.05) is 18.2 Å². The Kier molecular flexibility index (Phi) is 4.70. The number of nitro benzene ring substituents is 1. The number of pyridine rings is 1. The number of hydrogen-bond acceptors (Lipinski definition) is 6. The molecule has 0 saturated heterocycles. The van der Waals surface area contributed by atoms with Crippen LogP contribution in [0.3, 0.4) is 0 Å². The summed E-state index contributed by atoms with van der Waals surface area (Å²) in [6, 6.07) is 11.5. The van der Waals surface area contributed by atoms with E-state index in [0.717, 1.165) is 5.69 Å². The maximum Gasteiger partial charge on any atom is 0.269 e. The summed E-state index contributed by atoms with van der Waals surface area (Å²) in [5.41, 5.74) is 1.71. The summed E-state index contributed by atoms with van der Waals surface area (Å²) >= 11 is 0. The van der Waals surface area contributed by atoms with Crippen LogP contribution in [-0.4, -0.2) is 30.7 Å². The molecule has 0 atom stereocenters. The molecule has 2 heterocycles. The van der Waals surface area contributed by atoms with Gasteiger partial charge in [0.1, 0.15) is 0 Å². The minimum Gasteiger partial charge on any atom is -0.287 e. The van der Waals surface area contributed by atoms with Gasteiger partial charge in [0.2, 0.25) is 5.78 Å². The van der Waals surface area contributed by atoms with Gasteiger partial charge in [0.15, 0.2) is 5.69 Å². The van der Waals surface area contributed by atoms with Crippen LogP contribution in [0.2, 0.25) is 0 Å². The molecule has 25 heavy (non-hydrogen) atoms. The Balaban J connectivity index is 1.66. The number of hydrogen-bond donors (Lipinski definition) is 0. The Bertz CT molecular complexity index is 917. The van der Waals surface area contributed by atoms with Crippen molar-refractivity contribution in [2.24, 2.45) is 0 Å². The third-order valence-corrected chi connectivity index (χ3v) is 3.37. The van der Waals surface area contributed by atoms with Crippen LogP contribution in [0, 0.1) is 10.1 Å². The lowest BCUT2D eigenvalue weighted by atomic mass is 10.1. The van der Waals surface area contributed by atoms with Crippen molar-refractivity contribution in [1.82, 2.24) is 20.0 Å². The summed E-state index contributed by atoms with van der Waals surface area (Å²) in [4.78, 5) is 26.5. The van der Waals surface area contributed by atoms with Gasteiger partial charge in [0.25, 0.3) is 5.69 Å². The topological polar surface area (TPSA) is 104 Å². The summed E-state index contributed by atoms with van der Waals surface area (Å²) in [6.07, 6.45) is 6.17. The third-order valence-electron chi connectivity index (χ3n) is 3.37. The zero-order chi connectivity index (χ0) is 17.6. The van der Waals surface area contributed by atoms with E-state index in [-0.39, 0.29) is 17.2 Å². The number of non-ortho nitro benzene ring substituents is 1. The number of nitro groups is 1. The predicted octanol–water partition coefficient (Wildman–Crippen LogP) is 2.53. The second-order valence-corrected chi connectivity index (χ2v) is 5.17. The van der Waals surface area contributed by atoms with Crippen molar-refractivity contribution in [3.63, 3.8) is 0 Å². The molecule has 3 aromatic rings. The number of carbonyl (C=O) groups excluding carboxylic acids is 1. The number of ketones is 1. The first-order chi connectivity index (χ1) is 12.1. The number of nitrogens with zero attached hydrogens (tertiary/aromatic N) is 5. The van der Waals surface area contributed by atoms with Crippen molar-refractivity contribution < 1.29 is 9.72 Å². The fourth-order valence-electron chi connectivity index (χ4n) is 2.11. The van der Waals surface area contributed by atoms with Crippen LogP contribution < -0.4 is 0 Å². The number of rotatable bonds is 6. The van der Waals surface area contributed by atoms with Crippen LogP contribution in [0.4, 0.5) is 5.69 Å². The van der Waals surface area contributed by atoms with E-state index < -0.39 is 4.92 Å². The first-order valence-corrected chi connectivity index (χ1v) is 7.39. The molecular weight excluding hydrogens is 322 g/mol. The highest BCUT2D eigenvalue weighted by atomic mass is 16.6. The third kappa shape index (κ3) is 4.20. The average molecular weight is 335 g/mol. The van der Waals surface area contributed by atoms with Crippen LogP contribution in [0.15, 0.2) is 60.9 Å². The molecular formula is C17H13N5O3. The fraction of sp³-hybridized carbons (Fsp3) is 0.0588. The maximum atomic E-state index is 12.1. The smallest absolute Gasteiger partial charge is 0.269 e. The molecule has 0 spiro atoms. The van der Waals surface area contributed by atoms with E-state index in [1.165, 1.54) is 22.9 Å². The maximum absolute atomic E-state index is 12.1. The lowest BCUT2D eigenvalue weighted by molar-refractivity contribution is -0.384. The Morgan fingerprint density at radius 1 is 1.20 bits per heavy atom. The summed E-state index contributed by atoms with van der Waals surface area (Å²) in [6.45, 7) is 0.424. The highest BCUT2D eigenvalue weighted by molar-refractivity contribution is 6.05. The van der Waals surface area contributed by atoms with E-state index in [0.29, 0.717) is 12.1 Å². The molecule has 0 aliphatic heterocycles. The van der Waals surface area contributed by atoms with Gasteiger partial charge in [-0.2, -0.15) is 0 Å². The van der Waals surface area contributed by atoms with Gasteiger partial charge in [-0.25, -0.2) is 4.68 Å². The second-order valence-electron chi connectivity index (χ2n) is 5.17. The Morgan fingerprint density at radius 3 is 2.68 bits per heavy atom. The minimum atomic E-state index is -0.474. The Labute approximate surface area is 142 Å². The summed E-state index contributed by atoms with van der Waals surface area (Å²) in [5.74, 6) is -0.300. The molecule has 0 aliphatic carbocycles. The molecule has 0 radical (unpaired) electrons. The SMILES string of the molecule is O=C(C=Cc1ccc([N+](=O)[O-])cc1)c1cn(Cc2ccccn2)nn1. The van der Waals surface area contributed by atoms with Crippen LogP contribution in [0.1, 0.15) is 21.7 Å². The van der Waals surface area contributed by atoms with Gasteiger partial charge >= 0.3 is 0 Å². The highest BCUT2D eigenvalue weighted by Gasteiger charge is 2.08. The summed E-state index contributed by atoms with van der Waals surface area (Å²) in [7, 11) is 0. The monoisotopic (exact) mass is 335 g/mol. The van der Waals surface area contributed by atoms with Crippen molar-refractivity contribution in [3.05, 3.63) is 88.0 Å². The molecule has 1 aromatic carbocycles. The first kappa shape index (κ1) is 16.2. The van der Waals surface area contributed by atoms with Crippen LogP contribution in [0.5, 0.6) is 0 Å². The van der Waals surface area contributed by atoms with E-state index in [4.69, 9.17) is 0 Å². The van der Waals surface area contributed by atoms with Crippen LogP contribution in [0.25, 0.3) is 6.08 Å². The molecule has 0 N–H and O–H groups in total. The standard InChI is InChI=1S/C17H13N5O3/c23-17(9-6-13-4-7-15(8-5-13)22(24)25)16-12-21(20-19-16)11-14-3-1-2-10-18-14/h1-10,12H,11H2. The summed E-state index contributed by atoms with van der Waals surface area (Å²) < 4.78 is 1.54. The molecule has 8 nitrogen and oxygen atoms in total. The van der Waals surface area contributed by atoms with E-state index in [2.05, 4.69) is 15.3 Å². The molecule has 0 saturated carbocycles. The van der Waals surface area contributed by atoms with Crippen molar-refractivity contribution >= 4 is 17.5 Å². The van der Waals surface area contributed by atoms with Gasteiger partial charge in [-0.05, 0) is 35.9 Å². The number of allylic oxidation sites excluding steroid dienone is 1. The van der Waals surface area contributed by atoms with Gasteiger partial charge in [-0.1, -0.05) is 17.4 Å². The normalized spacial score (nSPS) is 10.9. The van der Waals surface area contributed by atoms with E-state index in [1.54, 1.807) is 30.6 Å². The minimum absolute atomic E-state index is 0.000871. The van der Waals surface area contributed by atoms with E-state index >= 15 is 0 Å². The van der Waals surface area contributed by atoms with Crippen molar-refractivity contribution in [2.75, 3.05) is 0 Å². The summed E-state index contributed by atoms with van der Waals surface area (Å²) in [5, 5.41) is 18.4. The molecule has 0 fully saturated rings. The second kappa shape index (κ2) is 7.26. The first-order valence-electron chi connectivity index (χ1n) is 7.39. The van der Waals surface area contributed by atoms with Gasteiger partial charge < -0.3 is 0 Å². The van der Waals surface area contributed by atoms with Crippen molar-refractivity contribution in [1.29, 1.82) is 0 Å². The van der Waals surface area contributed by atoms with Crippen LogP contribution >= 0.6 is 0 Å². The Hall–Kier alpha value is -3.68. The molecule has 124 valence electrons. The lowest BCUT2D eigenvalue weighted by Crippen LogP contribution is -2.02.